The number of alkyl halides is 2. The van der Waals surface area contributed by atoms with Crippen LogP contribution in [-0.2, 0) is 14.3 Å². The van der Waals surface area contributed by atoms with Gasteiger partial charge in [-0.2, -0.15) is 0 Å². The highest BCUT2D eigenvalue weighted by atomic mass is 19.1. The number of nitrogens with zero attached hydrogens (tertiary/aromatic N) is 2. The monoisotopic (exact) mass is 611 g/mol. The average Bonchev–Trinajstić information content (AvgIpc) is 2.97. The van der Waals surface area contributed by atoms with Gasteiger partial charge in [0.05, 0.1) is 42.9 Å². The van der Waals surface area contributed by atoms with E-state index in [0.29, 0.717) is 52.0 Å². The molecule has 5 rings (SSSR count). The molecule has 0 radical (unpaired) electrons. The largest absolute Gasteiger partial charge is 0.375 e. The van der Waals surface area contributed by atoms with E-state index in [1.54, 1.807) is 7.11 Å². The van der Waals surface area contributed by atoms with Gasteiger partial charge in [0.25, 0.3) is 0 Å². The van der Waals surface area contributed by atoms with Crippen LogP contribution in [0.1, 0.15) is 71.1 Å². The summed E-state index contributed by atoms with van der Waals surface area (Å²) in [5.41, 5.74) is 12.3. The molecule has 2 amide bonds. The third kappa shape index (κ3) is 7.52. The number of halogens is 2. The highest BCUT2D eigenvalue weighted by molar-refractivity contribution is 5.81. The Morgan fingerprint density at radius 1 is 1.00 bits per heavy atom. The van der Waals surface area contributed by atoms with E-state index in [1.807, 2.05) is 11.8 Å². The molecule has 246 valence electrons. The molecule has 5 fully saturated rings. The molecule has 1 saturated carbocycles. The van der Waals surface area contributed by atoms with Crippen molar-refractivity contribution >= 4 is 11.8 Å². The lowest BCUT2D eigenvalue weighted by Gasteiger charge is -2.49. The van der Waals surface area contributed by atoms with Gasteiger partial charge in [0.15, 0.2) is 0 Å². The molecule has 12 heteroatoms. The maximum atomic E-state index is 15.6. The zero-order chi connectivity index (χ0) is 30.8. The van der Waals surface area contributed by atoms with Crippen molar-refractivity contribution < 1.29 is 23.1 Å². The second-order valence-corrected chi connectivity index (χ2v) is 14.5. The van der Waals surface area contributed by atoms with Crippen LogP contribution in [0.3, 0.4) is 0 Å². The van der Waals surface area contributed by atoms with Gasteiger partial charge in [-0.1, -0.05) is 19.3 Å². The molecule has 4 saturated heterocycles. The molecule has 0 aromatic rings. The standard InChI is InChI=1S/C31H55F2N7O3/c1-30(43-2)18-40(19-30)29(42)20-7-12-39(13-8-20)26-22(33)16-36-17-24(26)38-28(41)25(27(34)35)23-14-31(9-4-3-5-10-31)11-6-21(32)15-37-23/h20-27,36-37H,3-19,34-35H2,1-2H3,(H,38,41). The normalized spacial score (nSPS) is 34.7. The molecule has 10 nitrogen and oxygen atoms in total. The first-order valence-corrected chi connectivity index (χ1v) is 16.6. The van der Waals surface area contributed by atoms with Gasteiger partial charge in [-0.05, 0) is 70.4 Å². The van der Waals surface area contributed by atoms with Crippen LogP contribution in [0.4, 0.5) is 8.78 Å². The van der Waals surface area contributed by atoms with Crippen LogP contribution in [-0.4, -0.2) is 117 Å². The fourth-order valence-electron chi connectivity index (χ4n) is 8.64. The molecule has 0 bridgehead atoms. The molecule has 1 spiro atoms. The molecule has 6 unspecified atom stereocenters. The third-order valence-corrected chi connectivity index (χ3v) is 11.3. The Hall–Kier alpha value is -1.44. The molecular formula is C31H55F2N7O3. The maximum absolute atomic E-state index is 15.6. The van der Waals surface area contributed by atoms with Crippen LogP contribution in [0.25, 0.3) is 0 Å². The summed E-state index contributed by atoms with van der Waals surface area (Å²) in [5.74, 6) is -0.993. The lowest BCUT2D eigenvalue weighted by atomic mass is 9.65. The molecule has 43 heavy (non-hydrogen) atoms. The molecule has 0 aromatic heterocycles. The number of rotatable bonds is 7. The molecule has 6 atom stereocenters. The Labute approximate surface area is 255 Å². The van der Waals surface area contributed by atoms with E-state index in [9.17, 15) is 14.0 Å². The number of carbonyl (C=O) groups excluding carboxylic acids is 2. The predicted octanol–water partition coefficient (Wildman–Crippen LogP) is 1.03. The van der Waals surface area contributed by atoms with Gasteiger partial charge < -0.3 is 37.1 Å². The summed E-state index contributed by atoms with van der Waals surface area (Å²) in [7, 11) is 1.67. The van der Waals surface area contributed by atoms with Gasteiger partial charge in [0.2, 0.25) is 11.8 Å². The van der Waals surface area contributed by atoms with Crippen LogP contribution in [0.5, 0.6) is 0 Å². The Bertz CT molecular complexity index is 954. The molecule has 5 aliphatic rings. The van der Waals surface area contributed by atoms with Crippen LogP contribution >= 0.6 is 0 Å². The van der Waals surface area contributed by atoms with Crippen molar-refractivity contribution in [3.8, 4) is 0 Å². The van der Waals surface area contributed by atoms with E-state index in [1.165, 1.54) is 6.42 Å². The maximum Gasteiger partial charge on any atom is 0.227 e. The Morgan fingerprint density at radius 3 is 2.35 bits per heavy atom. The average molecular weight is 612 g/mol. The Balaban J connectivity index is 1.23. The van der Waals surface area contributed by atoms with Crippen molar-refractivity contribution in [2.24, 2.45) is 28.7 Å². The summed E-state index contributed by atoms with van der Waals surface area (Å²) in [6, 6.07) is -1.34. The van der Waals surface area contributed by atoms with Gasteiger partial charge in [-0.3, -0.25) is 14.5 Å². The number of likely N-dealkylation sites (tertiary alicyclic amines) is 2. The second-order valence-electron chi connectivity index (χ2n) is 14.5. The van der Waals surface area contributed by atoms with E-state index >= 15 is 4.39 Å². The minimum atomic E-state index is -1.17. The van der Waals surface area contributed by atoms with Crippen LogP contribution < -0.4 is 27.4 Å². The molecule has 4 heterocycles. The molecule has 4 aliphatic heterocycles. The molecule has 0 aromatic carbocycles. The van der Waals surface area contributed by atoms with E-state index in [2.05, 4.69) is 20.9 Å². The quantitative estimate of drug-likeness (QED) is 0.269. The minimum Gasteiger partial charge on any atom is -0.375 e. The van der Waals surface area contributed by atoms with Crippen molar-refractivity contribution in [2.45, 2.75) is 113 Å². The van der Waals surface area contributed by atoms with Gasteiger partial charge in [0, 0.05) is 38.7 Å². The SMILES string of the molecule is COC1(C)CN(C(=O)C2CCN(C3C(F)CNCC3NC(=O)C(C(N)N)C3CC4(CCCCC4)CCC(F)CN3)CC2)C1. The number of nitrogens with one attached hydrogen (secondary N) is 3. The first-order valence-electron chi connectivity index (χ1n) is 16.6. The number of hydrogen-bond acceptors (Lipinski definition) is 8. The van der Waals surface area contributed by atoms with Crippen LogP contribution in [0.2, 0.25) is 0 Å². The number of nitrogens with two attached hydrogens (primary N) is 2. The first-order chi connectivity index (χ1) is 20.5. The van der Waals surface area contributed by atoms with Crippen molar-refractivity contribution in [1.82, 2.24) is 25.8 Å². The zero-order valence-electron chi connectivity index (χ0n) is 26.2. The van der Waals surface area contributed by atoms with E-state index in [0.717, 1.165) is 38.5 Å². The number of carbonyl (C=O) groups is 2. The van der Waals surface area contributed by atoms with Crippen LogP contribution in [0.15, 0.2) is 0 Å². The van der Waals surface area contributed by atoms with Gasteiger partial charge in [-0.15, -0.1) is 0 Å². The summed E-state index contributed by atoms with van der Waals surface area (Å²) in [6.07, 6.45) is 5.82. The fraction of sp³-hybridized carbons (Fsp3) is 0.935. The predicted molar refractivity (Wildman–Crippen MR) is 161 cm³/mol. The van der Waals surface area contributed by atoms with Crippen LogP contribution in [0, 0.1) is 17.3 Å². The first kappa shape index (κ1) is 32.9. The highest BCUT2D eigenvalue weighted by Gasteiger charge is 2.47. The van der Waals surface area contributed by atoms with E-state index in [-0.39, 0.29) is 47.9 Å². The lowest BCUT2D eigenvalue weighted by molar-refractivity contribution is -0.163. The molecule has 7 N–H and O–H groups in total. The fourth-order valence-corrected chi connectivity index (χ4v) is 8.64. The summed E-state index contributed by atoms with van der Waals surface area (Å²) in [5, 5.41) is 9.59. The number of amides is 2. The summed E-state index contributed by atoms with van der Waals surface area (Å²) in [6.45, 7) is 5.21. The summed E-state index contributed by atoms with van der Waals surface area (Å²) in [4.78, 5) is 31.0. The number of hydrogen-bond donors (Lipinski definition) is 5. The topological polar surface area (TPSA) is 138 Å². The van der Waals surface area contributed by atoms with Crippen molar-refractivity contribution in [2.75, 3.05) is 52.9 Å². The summed E-state index contributed by atoms with van der Waals surface area (Å²) < 4.78 is 35.8. The van der Waals surface area contributed by atoms with Crippen molar-refractivity contribution in [3.05, 3.63) is 0 Å². The summed E-state index contributed by atoms with van der Waals surface area (Å²) >= 11 is 0. The van der Waals surface area contributed by atoms with Crippen molar-refractivity contribution in [1.29, 1.82) is 0 Å². The Kier molecular flexibility index (Phi) is 10.7. The number of piperidine rings is 2. The minimum absolute atomic E-state index is 0.00687. The lowest BCUT2D eigenvalue weighted by Crippen LogP contribution is -2.68. The van der Waals surface area contributed by atoms with Gasteiger partial charge >= 0.3 is 0 Å². The van der Waals surface area contributed by atoms with Crippen molar-refractivity contribution in [3.63, 3.8) is 0 Å². The second kappa shape index (κ2) is 13.9. The van der Waals surface area contributed by atoms with E-state index in [4.69, 9.17) is 16.2 Å². The van der Waals surface area contributed by atoms with Gasteiger partial charge in [0.1, 0.15) is 12.3 Å². The molecular weight excluding hydrogens is 556 g/mol. The van der Waals surface area contributed by atoms with E-state index < -0.39 is 36.5 Å². The number of methoxy groups -OCH3 is 1. The third-order valence-electron chi connectivity index (χ3n) is 11.3. The smallest absolute Gasteiger partial charge is 0.227 e. The highest BCUT2D eigenvalue weighted by Crippen LogP contribution is 2.46. The zero-order valence-corrected chi connectivity index (χ0v) is 26.2. The molecule has 1 aliphatic carbocycles. The van der Waals surface area contributed by atoms with Gasteiger partial charge in [-0.25, -0.2) is 8.78 Å². The number of ether oxygens (including phenoxy) is 1. The Morgan fingerprint density at radius 2 is 1.70 bits per heavy atom.